The zero-order chi connectivity index (χ0) is 14.8. The summed E-state index contributed by atoms with van der Waals surface area (Å²) in [5.74, 6) is 0.946. The van der Waals surface area contributed by atoms with E-state index in [0.29, 0.717) is 18.5 Å². The molecule has 22 heavy (non-hydrogen) atoms. The fourth-order valence-electron chi connectivity index (χ4n) is 4.33. The molecule has 2 saturated heterocycles. The van der Waals surface area contributed by atoms with Gasteiger partial charge >= 0.3 is 0 Å². The van der Waals surface area contributed by atoms with Gasteiger partial charge in [0.1, 0.15) is 0 Å². The molecule has 0 aromatic carbocycles. The molecule has 4 unspecified atom stereocenters. The van der Waals surface area contributed by atoms with Gasteiger partial charge in [-0.25, -0.2) is 0 Å². The average molecular weight is 330 g/mol. The summed E-state index contributed by atoms with van der Waals surface area (Å²) in [5, 5.41) is 6.27. The van der Waals surface area contributed by atoms with Crippen LogP contribution in [-0.4, -0.2) is 48.9 Å². The van der Waals surface area contributed by atoms with Gasteiger partial charge in [-0.2, -0.15) is 0 Å². The molecule has 0 aromatic rings. The summed E-state index contributed by atoms with van der Waals surface area (Å²) in [6, 6.07) is 0.536. The van der Waals surface area contributed by atoms with Crippen LogP contribution in [0.1, 0.15) is 44.9 Å². The summed E-state index contributed by atoms with van der Waals surface area (Å²) in [4.78, 5) is 26.4. The van der Waals surface area contributed by atoms with Crippen molar-refractivity contribution in [1.29, 1.82) is 0 Å². The molecule has 2 aliphatic heterocycles. The lowest BCUT2D eigenvalue weighted by Crippen LogP contribution is -2.51. The van der Waals surface area contributed by atoms with Gasteiger partial charge in [0.05, 0.1) is 12.0 Å². The minimum atomic E-state index is -0.0311. The topological polar surface area (TPSA) is 61.4 Å². The Bertz CT molecular complexity index is 404. The molecule has 0 aromatic heterocycles. The summed E-state index contributed by atoms with van der Waals surface area (Å²) in [6.07, 6.45) is 7.90. The van der Waals surface area contributed by atoms with Crippen molar-refractivity contribution in [2.45, 2.75) is 57.0 Å². The molecule has 2 amide bonds. The number of likely N-dealkylation sites (tertiary alicyclic amines) is 1. The number of fused-ring (bicyclic) bond motifs is 1. The number of hydrogen-bond acceptors (Lipinski definition) is 3. The van der Waals surface area contributed by atoms with Gasteiger partial charge < -0.3 is 15.5 Å². The zero-order valence-electron chi connectivity index (χ0n) is 13.3. The number of hydrogen-bond donors (Lipinski definition) is 2. The predicted octanol–water partition coefficient (Wildman–Crippen LogP) is 1.31. The molecule has 0 spiro atoms. The Labute approximate surface area is 139 Å². The highest BCUT2D eigenvalue weighted by molar-refractivity contribution is 5.85. The number of carbonyl (C=O) groups excluding carboxylic acids is 2. The molecule has 0 radical (unpaired) electrons. The van der Waals surface area contributed by atoms with Crippen LogP contribution in [0.5, 0.6) is 0 Å². The van der Waals surface area contributed by atoms with Gasteiger partial charge in [0.15, 0.2) is 0 Å². The second-order valence-corrected chi connectivity index (χ2v) is 6.84. The summed E-state index contributed by atoms with van der Waals surface area (Å²) in [6.45, 7) is 1.39. The number of piperidine rings is 1. The van der Waals surface area contributed by atoms with E-state index in [2.05, 4.69) is 10.6 Å². The Morgan fingerprint density at radius 3 is 2.64 bits per heavy atom. The van der Waals surface area contributed by atoms with Crippen LogP contribution in [-0.2, 0) is 9.59 Å². The van der Waals surface area contributed by atoms with Crippen LogP contribution in [0.25, 0.3) is 0 Å². The lowest BCUT2D eigenvalue weighted by Gasteiger charge is -2.33. The molecule has 1 saturated carbocycles. The molecule has 3 fully saturated rings. The largest absolute Gasteiger partial charge is 0.359 e. The fraction of sp³-hybridized carbons (Fsp3) is 0.875. The van der Waals surface area contributed by atoms with Crippen molar-refractivity contribution in [3.05, 3.63) is 0 Å². The van der Waals surface area contributed by atoms with Crippen molar-refractivity contribution < 1.29 is 9.59 Å². The van der Waals surface area contributed by atoms with Crippen molar-refractivity contribution in [3.8, 4) is 0 Å². The maximum absolute atomic E-state index is 12.7. The summed E-state index contributed by atoms with van der Waals surface area (Å²) < 4.78 is 0. The van der Waals surface area contributed by atoms with E-state index in [4.69, 9.17) is 0 Å². The van der Waals surface area contributed by atoms with Crippen molar-refractivity contribution in [1.82, 2.24) is 15.5 Å². The third-order valence-electron chi connectivity index (χ3n) is 5.51. The number of carbonyl (C=O) groups is 2. The van der Waals surface area contributed by atoms with E-state index in [1.165, 1.54) is 25.7 Å². The van der Waals surface area contributed by atoms with Crippen LogP contribution in [0.2, 0.25) is 0 Å². The minimum Gasteiger partial charge on any atom is -0.359 e. The van der Waals surface area contributed by atoms with Crippen molar-refractivity contribution in [2.24, 2.45) is 11.8 Å². The minimum absolute atomic E-state index is 0. The Morgan fingerprint density at radius 2 is 1.91 bits per heavy atom. The summed E-state index contributed by atoms with van der Waals surface area (Å²) in [5.41, 5.74) is 0. The summed E-state index contributed by atoms with van der Waals surface area (Å²) >= 11 is 0. The SMILES string of the molecule is CNC(=O)C1CCCN(C(=O)C2CC3CCCCC3N2)C1.Cl. The van der Waals surface area contributed by atoms with E-state index in [-0.39, 0.29) is 36.2 Å². The van der Waals surface area contributed by atoms with Gasteiger partial charge in [0.25, 0.3) is 0 Å². The highest BCUT2D eigenvalue weighted by atomic mass is 35.5. The van der Waals surface area contributed by atoms with Gasteiger partial charge in [0, 0.05) is 26.2 Å². The number of amides is 2. The van der Waals surface area contributed by atoms with Gasteiger partial charge in [-0.3, -0.25) is 9.59 Å². The number of rotatable bonds is 2. The van der Waals surface area contributed by atoms with Crippen molar-refractivity contribution in [2.75, 3.05) is 20.1 Å². The molecule has 126 valence electrons. The van der Waals surface area contributed by atoms with E-state index in [1.807, 2.05) is 4.90 Å². The highest BCUT2D eigenvalue weighted by Crippen LogP contribution is 2.34. The van der Waals surface area contributed by atoms with E-state index >= 15 is 0 Å². The third kappa shape index (κ3) is 3.57. The second kappa shape index (κ2) is 7.64. The average Bonchev–Trinajstić information content (AvgIpc) is 2.97. The van der Waals surface area contributed by atoms with Crippen LogP contribution >= 0.6 is 12.4 Å². The molecular formula is C16H28ClN3O2. The molecular weight excluding hydrogens is 302 g/mol. The zero-order valence-corrected chi connectivity index (χ0v) is 14.2. The Kier molecular flexibility index (Phi) is 6.09. The molecule has 4 atom stereocenters. The van der Waals surface area contributed by atoms with Crippen molar-refractivity contribution in [3.63, 3.8) is 0 Å². The van der Waals surface area contributed by atoms with Crippen LogP contribution in [0, 0.1) is 11.8 Å². The smallest absolute Gasteiger partial charge is 0.239 e. The molecule has 3 rings (SSSR count). The first-order valence-electron chi connectivity index (χ1n) is 8.45. The molecule has 5 nitrogen and oxygen atoms in total. The quantitative estimate of drug-likeness (QED) is 0.803. The Morgan fingerprint density at radius 1 is 1.14 bits per heavy atom. The monoisotopic (exact) mass is 329 g/mol. The maximum atomic E-state index is 12.7. The highest BCUT2D eigenvalue weighted by Gasteiger charge is 2.40. The predicted molar refractivity (Wildman–Crippen MR) is 87.9 cm³/mol. The number of nitrogens with zero attached hydrogens (tertiary/aromatic N) is 1. The van der Waals surface area contributed by atoms with Gasteiger partial charge in [-0.15, -0.1) is 12.4 Å². The molecule has 1 aliphatic carbocycles. The standard InChI is InChI=1S/C16H27N3O2.ClH/c1-17-15(20)12-6-4-8-19(10-12)16(21)14-9-11-5-2-3-7-13(11)18-14;/h11-14,18H,2-10H2,1H3,(H,17,20);1H. The van der Waals surface area contributed by atoms with Crippen LogP contribution in [0.15, 0.2) is 0 Å². The van der Waals surface area contributed by atoms with E-state index in [9.17, 15) is 9.59 Å². The lowest BCUT2D eigenvalue weighted by atomic mass is 9.85. The normalized spacial score (nSPS) is 34.5. The second-order valence-electron chi connectivity index (χ2n) is 6.84. The van der Waals surface area contributed by atoms with Crippen LogP contribution in [0.3, 0.4) is 0 Å². The molecule has 6 heteroatoms. The molecule has 0 bridgehead atoms. The molecule has 2 heterocycles. The van der Waals surface area contributed by atoms with E-state index in [0.717, 1.165) is 25.8 Å². The van der Waals surface area contributed by atoms with E-state index < -0.39 is 0 Å². The molecule has 2 N–H and O–H groups in total. The molecule has 3 aliphatic rings. The van der Waals surface area contributed by atoms with Gasteiger partial charge in [-0.05, 0) is 38.0 Å². The first kappa shape index (κ1) is 17.5. The van der Waals surface area contributed by atoms with Gasteiger partial charge in [0.2, 0.25) is 11.8 Å². The summed E-state index contributed by atoms with van der Waals surface area (Å²) in [7, 11) is 1.67. The number of halogens is 1. The maximum Gasteiger partial charge on any atom is 0.239 e. The lowest BCUT2D eigenvalue weighted by molar-refractivity contribution is -0.137. The fourth-order valence-corrected chi connectivity index (χ4v) is 4.33. The van der Waals surface area contributed by atoms with Crippen molar-refractivity contribution >= 4 is 24.2 Å². The third-order valence-corrected chi connectivity index (χ3v) is 5.51. The Balaban J connectivity index is 0.00000176. The van der Waals surface area contributed by atoms with E-state index in [1.54, 1.807) is 7.05 Å². The van der Waals surface area contributed by atoms with Crippen LogP contribution < -0.4 is 10.6 Å². The Hall–Kier alpha value is -0.810. The van der Waals surface area contributed by atoms with Crippen LogP contribution in [0.4, 0.5) is 0 Å². The first-order chi connectivity index (χ1) is 10.2. The first-order valence-corrected chi connectivity index (χ1v) is 8.45. The van der Waals surface area contributed by atoms with Gasteiger partial charge in [-0.1, -0.05) is 12.8 Å². The number of nitrogens with one attached hydrogen (secondary N) is 2.